The first kappa shape index (κ1) is 26.3. The lowest BCUT2D eigenvalue weighted by Gasteiger charge is -2.22. The van der Waals surface area contributed by atoms with Crippen molar-refractivity contribution < 1.29 is 9.59 Å². The number of hydrogen-bond acceptors (Lipinski definition) is 7. The maximum absolute atomic E-state index is 12.8. The monoisotopic (exact) mass is 532 g/mol. The van der Waals surface area contributed by atoms with Gasteiger partial charge in [-0.05, 0) is 18.1 Å². The average Bonchev–Trinajstić information content (AvgIpc) is 3.54. The molecule has 0 spiro atoms. The summed E-state index contributed by atoms with van der Waals surface area (Å²) in [5.41, 5.74) is 2.39. The molecule has 0 saturated heterocycles. The predicted octanol–water partition coefficient (Wildman–Crippen LogP) is 5.45. The summed E-state index contributed by atoms with van der Waals surface area (Å²) in [6.07, 6.45) is 1.74. The first-order chi connectivity index (χ1) is 18.0. The highest BCUT2D eigenvalue weighted by molar-refractivity contribution is 7.99. The molecule has 2 amide bonds. The van der Waals surface area contributed by atoms with Gasteiger partial charge in [-0.15, -0.1) is 28.1 Å². The van der Waals surface area contributed by atoms with Gasteiger partial charge >= 0.3 is 0 Å². The number of nitrogens with zero attached hydrogens (tertiary/aromatic N) is 4. The molecule has 0 fully saturated rings. The van der Waals surface area contributed by atoms with E-state index in [-0.39, 0.29) is 29.5 Å². The third-order valence-corrected chi connectivity index (χ3v) is 7.20. The highest BCUT2D eigenvalue weighted by Crippen LogP contribution is 2.27. The van der Waals surface area contributed by atoms with Crippen molar-refractivity contribution in [1.82, 2.24) is 25.1 Å². The molecule has 4 rings (SSSR count). The number of allylic oxidation sites excluding steroid dienone is 1. The Balaban J connectivity index is 1.43. The Bertz CT molecular complexity index is 1350. The Hall–Kier alpha value is -3.76. The average molecular weight is 533 g/mol. The molecule has 0 saturated carbocycles. The summed E-state index contributed by atoms with van der Waals surface area (Å²) in [5, 5.41) is 17.7. The molecule has 2 aromatic carbocycles. The van der Waals surface area contributed by atoms with Gasteiger partial charge in [-0.3, -0.25) is 9.59 Å². The number of hydrogen-bond donors (Lipinski definition) is 2. The number of amides is 2. The molecule has 0 radical (unpaired) electrons. The summed E-state index contributed by atoms with van der Waals surface area (Å²) >= 11 is 2.66. The van der Waals surface area contributed by atoms with Crippen LogP contribution in [0.4, 0.5) is 5.13 Å². The van der Waals surface area contributed by atoms with E-state index in [1.165, 1.54) is 23.1 Å². The fraction of sp³-hybridized carbons (Fsp3) is 0.222. The lowest BCUT2D eigenvalue weighted by atomic mass is 10.0. The van der Waals surface area contributed by atoms with Gasteiger partial charge in [0, 0.05) is 23.1 Å². The molecule has 0 bridgehead atoms. The lowest BCUT2D eigenvalue weighted by Crippen LogP contribution is -2.33. The van der Waals surface area contributed by atoms with E-state index in [2.05, 4.69) is 32.4 Å². The maximum atomic E-state index is 12.8. The molecule has 0 aliphatic rings. The van der Waals surface area contributed by atoms with Gasteiger partial charge in [-0.2, -0.15) is 0 Å². The molecule has 8 nitrogen and oxygen atoms in total. The number of benzene rings is 2. The van der Waals surface area contributed by atoms with E-state index in [0.717, 1.165) is 11.3 Å². The molecule has 0 unspecified atom stereocenters. The van der Waals surface area contributed by atoms with E-state index in [1.54, 1.807) is 18.2 Å². The number of carbonyl (C=O) groups is 2. The number of anilines is 1. The Morgan fingerprint density at radius 1 is 1.08 bits per heavy atom. The van der Waals surface area contributed by atoms with Crippen LogP contribution in [0.25, 0.3) is 11.3 Å². The summed E-state index contributed by atoms with van der Waals surface area (Å²) in [7, 11) is 0. The van der Waals surface area contributed by atoms with E-state index in [0.29, 0.717) is 28.2 Å². The number of thiazole rings is 1. The van der Waals surface area contributed by atoms with Gasteiger partial charge in [0.25, 0.3) is 5.91 Å². The summed E-state index contributed by atoms with van der Waals surface area (Å²) in [4.78, 5) is 30.0. The summed E-state index contributed by atoms with van der Waals surface area (Å²) in [6, 6.07) is 18.5. The first-order valence-electron chi connectivity index (χ1n) is 11.8. The number of aromatic nitrogens is 4. The van der Waals surface area contributed by atoms with Crippen molar-refractivity contribution in [2.75, 3.05) is 11.1 Å². The zero-order chi connectivity index (χ0) is 26.2. The lowest BCUT2D eigenvalue weighted by molar-refractivity contribution is -0.113. The van der Waals surface area contributed by atoms with Gasteiger partial charge in [0.2, 0.25) is 5.91 Å². The largest absolute Gasteiger partial charge is 0.342 e. The molecule has 1 atom stereocenters. The molecule has 10 heteroatoms. The topological polar surface area (TPSA) is 102 Å². The normalized spacial score (nSPS) is 11.8. The van der Waals surface area contributed by atoms with Crippen molar-refractivity contribution in [1.29, 1.82) is 0 Å². The zero-order valence-corrected chi connectivity index (χ0v) is 22.3. The number of carbonyl (C=O) groups excluding carboxylic acids is 2. The second-order valence-corrected chi connectivity index (χ2v) is 10.3. The van der Waals surface area contributed by atoms with Crippen molar-refractivity contribution in [3.8, 4) is 11.3 Å². The van der Waals surface area contributed by atoms with Crippen molar-refractivity contribution in [2.24, 2.45) is 5.92 Å². The van der Waals surface area contributed by atoms with Crippen LogP contribution in [0.2, 0.25) is 0 Å². The van der Waals surface area contributed by atoms with Gasteiger partial charge in [0.15, 0.2) is 16.1 Å². The molecule has 2 aromatic heterocycles. The zero-order valence-electron chi connectivity index (χ0n) is 20.6. The number of nitrogens with one attached hydrogen (secondary N) is 2. The van der Waals surface area contributed by atoms with Crippen LogP contribution in [0, 0.1) is 5.92 Å². The Morgan fingerprint density at radius 3 is 2.46 bits per heavy atom. The second kappa shape index (κ2) is 12.5. The fourth-order valence-electron chi connectivity index (χ4n) is 3.64. The van der Waals surface area contributed by atoms with Crippen molar-refractivity contribution in [3.05, 3.63) is 90.1 Å². The van der Waals surface area contributed by atoms with Gasteiger partial charge in [-0.1, -0.05) is 80.2 Å². The van der Waals surface area contributed by atoms with E-state index in [9.17, 15) is 9.59 Å². The molecule has 0 aliphatic carbocycles. The Kier molecular flexibility index (Phi) is 8.86. The highest BCUT2D eigenvalue weighted by atomic mass is 32.2. The molecule has 190 valence electrons. The standard InChI is InChI=1S/C27H28N6O2S2/c1-4-15-33-24(23(18(2)3)30-25(35)20-13-9-6-10-14-20)31-32-27(33)37-17-22(34)29-26-28-21(16-36-26)19-11-7-5-8-12-19/h4-14,16,18,23H,1,15,17H2,2-3H3,(H,30,35)(H,28,29,34)/t23-/m1/s1. The molecule has 4 aromatic rings. The SMILES string of the molecule is C=CCn1c(SCC(=O)Nc2nc(-c3ccccc3)cs2)nnc1[C@H](NC(=O)c1ccccc1)C(C)C. The van der Waals surface area contributed by atoms with Crippen LogP contribution in [0.15, 0.2) is 83.9 Å². The third-order valence-electron chi connectivity index (χ3n) is 5.48. The van der Waals surface area contributed by atoms with Gasteiger partial charge in [0.05, 0.1) is 17.5 Å². The number of thioether (sulfide) groups is 1. The summed E-state index contributed by atoms with van der Waals surface area (Å²) in [6.45, 7) is 8.33. The first-order valence-corrected chi connectivity index (χ1v) is 13.7. The second-order valence-electron chi connectivity index (χ2n) is 8.54. The molecular formula is C27H28N6O2S2. The minimum atomic E-state index is -0.366. The highest BCUT2D eigenvalue weighted by Gasteiger charge is 2.26. The van der Waals surface area contributed by atoms with Gasteiger partial charge < -0.3 is 15.2 Å². The summed E-state index contributed by atoms with van der Waals surface area (Å²) in [5.74, 6) is 0.448. The molecule has 2 N–H and O–H groups in total. The summed E-state index contributed by atoms with van der Waals surface area (Å²) < 4.78 is 1.89. The van der Waals surface area contributed by atoms with Crippen molar-refractivity contribution in [3.63, 3.8) is 0 Å². The van der Waals surface area contributed by atoms with Crippen molar-refractivity contribution >= 4 is 40.0 Å². The molecule has 2 heterocycles. The van der Waals surface area contributed by atoms with Crippen LogP contribution >= 0.6 is 23.1 Å². The van der Waals surface area contributed by atoms with Crippen LogP contribution in [0.5, 0.6) is 0 Å². The van der Waals surface area contributed by atoms with Gasteiger partial charge in [-0.25, -0.2) is 4.98 Å². The molecule has 0 aliphatic heterocycles. The third kappa shape index (κ3) is 6.72. The Labute approximate surface area is 224 Å². The predicted molar refractivity (Wildman–Crippen MR) is 149 cm³/mol. The van der Waals surface area contributed by atoms with Crippen LogP contribution in [0.1, 0.15) is 36.1 Å². The van der Waals surface area contributed by atoms with E-state index >= 15 is 0 Å². The van der Waals surface area contributed by atoms with Crippen LogP contribution < -0.4 is 10.6 Å². The van der Waals surface area contributed by atoms with Crippen LogP contribution in [0.3, 0.4) is 0 Å². The van der Waals surface area contributed by atoms with Crippen molar-refractivity contribution in [2.45, 2.75) is 31.6 Å². The minimum absolute atomic E-state index is 0.0605. The number of rotatable bonds is 11. The van der Waals surface area contributed by atoms with Crippen LogP contribution in [-0.2, 0) is 11.3 Å². The maximum Gasteiger partial charge on any atom is 0.251 e. The van der Waals surface area contributed by atoms with Gasteiger partial charge in [0.1, 0.15) is 0 Å². The quantitative estimate of drug-likeness (QED) is 0.197. The van der Waals surface area contributed by atoms with E-state index in [4.69, 9.17) is 0 Å². The smallest absolute Gasteiger partial charge is 0.251 e. The van der Waals surface area contributed by atoms with E-state index in [1.807, 2.05) is 72.3 Å². The van der Waals surface area contributed by atoms with E-state index < -0.39 is 0 Å². The molecule has 37 heavy (non-hydrogen) atoms. The van der Waals surface area contributed by atoms with Crippen LogP contribution in [-0.4, -0.2) is 37.3 Å². The molecular weight excluding hydrogens is 504 g/mol. The minimum Gasteiger partial charge on any atom is -0.342 e. The fourth-order valence-corrected chi connectivity index (χ4v) is 5.13. The Morgan fingerprint density at radius 2 is 1.78 bits per heavy atom.